The van der Waals surface area contributed by atoms with Crippen molar-refractivity contribution in [2.75, 3.05) is 0 Å². The molecule has 0 aliphatic heterocycles. The Balaban J connectivity index is 2.44. The Labute approximate surface area is 126 Å². The van der Waals surface area contributed by atoms with Crippen LogP contribution in [0, 0.1) is 11.6 Å². The first-order valence-electron chi connectivity index (χ1n) is 5.41. The Kier molecular flexibility index (Phi) is 4.61. The molecular formula is C13H9BrF2N2OS. The first-order chi connectivity index (χ1) is 9.51. The molecule has 0 unspecified atom stereocenters. The molecule has 0 fully saturated rings. The van der Waals surface area contributed by atoms with E-state index >= 15 is 0 Å². The van der Waals surface area contributed by atoms with Gasteiger partial charge in [0, 0.05) is 25.9 Å². The summed E-state index contributed by atoms with van der Waals surface area (Å²) in [5.41, 5.74) is 6.04. The number of rotatable bonds is 3. The Morgan fingerprint density at radius 2 is 1.90 bits per heavy atom. The van der Waals surface area contributed by atoms with Crippen LogP contribution < -0.4 is 5.73 Å². The minimum absolute atomic E-state index is 0.0810. The predicted molar refractivity (Wildman–Crippen MR) is 77.1 cm³/mol. The fraction of sp³-hybridized carbons (Fsp3) is 0. The van der Waals surface area contributed by atoms with Crippen molar-refractivity contribution < 1.29 is 14.0 Å². The Hall–Kier alpha value is -1.60. The van der Waals surface area contributed by atoms with E-state index in [-0.39, 0.29) is 10.7 Å². The van der Waals surface area contributed by atoms with E-state index in [9.17, 15) is 8.78 Å². The highest BCUT2D eigenvalue weighted by Crippen LogP contribution is 2.34. The highest BCUT2D eigenvalue weighted by Gasteiger charge is 2.12. The first kappa shape index (κ1) is 14.8. The van der Waals surface area contributed by atoms with Gasteiger partial charge in [-0.05, 0) is 30.3 Å². The second-order valence-electron chi connectivity index (χ2n) is 3.80. The average molecular weight is 359 g/mol. The van der Waals surface area contributed by atoms with Crippen molar-refractivity contribution in [3.63, 3.8) is 0 Å². The summed E-state index contributed by atoms with van der Waals surface area (Å²) in [6.45, 7) is 0. The molecule has 2 aromatic rings. The lowest BCUT2D eigenvalue weighted by molar-refractivity contribution is 0.318. The molecule has 3 N–H and O–H groups in total. The van der Waals surface area contributed by atoms with Gasteiger partial charge < -0.3 is 10.9 Å². The monoisotopic (exact) mass is 358 g/mol. The van der Waals surface area contributed by atoms with Crippen LogP contribution in [0.5, 0.6) is 0 Å². The highest BCUT2D eigenvalue weighted by atomic mass is 79.9. The Bertz CT molecular complexity index is 679. The summed E-state index contributed by atoms with van der Waals surface area (Å²) in [5.74, 6) is -1.39. The molecular weight excluding hydrogens is 350 g/mol. The first-order valence-corrected chi connectivity index (χ1v) is 7.02. The van der Waals surface area contributed by atoms with Crippen molar-refractivity contribution >= 4 is 33.5 Å². The summed E-state index contributed by atoms with van der Waals surface area (Å²) in [7, 11) is 0. The standard InChI is InChI=1S/C13H9BrF2N2OS/c14-7-1-3-9(13(17)18-19)12(5-7)20-11-4-2-8(15)6-10(11)16/h1-6,19H,(H2,17,18). The van der Waals surface area contributed by atoms with Crippen molar-refractivity contribution in [1.29, 1.82) is 0 Å². The zero-order valence-corrected chi connectivity index (χ0v) is 12.4. The second kappa shape index (κ2) is 6.23. The minimum Gasteiger partial charge on any atom is -0.409 e. The maximum atomic E-state index is 13.7. The molecule has 0 radical (unpaired) electrons. The smallest absolute Gasteiger partial charge is 0.171 e. The van der Waals surface area contributed by atoms with Crippen LogP contribution >= 0.6 is 27.7 Å². The lowest BCUT2D eigenvalue weighted by atomic mass is 10.2. The SMILES string of the molecule is N/C(=N/O)c1ccc(Br)cc1Sc1ccc(F)cc1F. The number of halogens is 3. The van der Waals surface area contributed by atoms with Gasteiger partial charge in [-0.3, -0.25) is 0 Å². The van der Waals surface area contributed by atoms with E-state index in [0.717, 1.165) is 22.3 Å². The molecule has 0 saturated carbocycles. The van der Waals surface area contributed by atoms with Gasteiger partial charge >= 0.3 is 0 Å². The molecule has 0 spiro atoms. The van der Waals surface area contributed by atoms with E-state index in [0.29, 0.717) is 10.5 Å². The van der Waals surface area contributed by atoms with Crippen LogP contribution in [0.2, 0.25) is 0 Å². The number of oxime groups is 1. The van der Waals surface area contributed by atoms with Crippen LogP contribution in [0.4, 0.5) is 8.78 Å². The van der Waals surface area contributed by atoms with E-state index < -0.39 is 11.6 Å². The Morgan fingerprint density at radius 3 is 2.55 bits per heavy atom. The fourth-order valence-electron chi connectivity index (χ4n) is 1.52. The van der Waals surface area contributed by atoms with Crippen molar-refractivity contribution in [1.82, 2.24) is 0 Å². The minimum atomic E-state index is -0.666. The molecule has 0 amide bonds. The molecule has 3 nitrogen and oxygen atoms in total. The highest BCUT2D eigenvalue weighted by molar-refractivity contribution is 9.10. The van der Waals surface area contributed by atoms with Crippen LogP contribution in [0.25, 0.3) is 0 Å². The molecule has 0 aliphatic carbocycles. The molecule has 7 heteroatoms. The van der Waals surface area contributed by atoms with Gasteiger partial charge in [-0.1, -0.05) is 32.8 Å². The summed E-state index contributed by atoms with van der Waals surface area (Å²) >= 11 is 4.36. The maximum Gasteiger partial charge on any atom is 0.171 e. The number of nitrogens with zero attached hydrogens (tertiary/aromatic N) is 1. The third kappa shape index (κ3) is 3.29. The normalized spacial score (nSPS) is 11.7. The van der Waals surface area contributed by atoms with E-state index in [2.05, 4.69) is 21.1 Å². The van der Waals surface area contributed by atoms with Gasteiger partial charge in [0.05, 0.1) is 0 Å². The number of amidine groups is 1. The topological polar surface area (TPSA) is 58.6 Å². The summed E-state index contributed by atoms with van der Waals surface area (Å²) < 4.78 is 27.3. The molecule has 2 rings (SSSR count). The summed E-state index contributed by atoms with van der Waals surface area (Å²) in [4.78, 5) is 0.830. The van der Waals surface area contributed by atoms with Crippen LogP contribution in [0.3, 0.4) is 0 Å². The second-order valence-corrected chi connectivity index (χ2v) is 5.80. The summed E-state index contributed by atoms with van der Waals surface area (Å²) in [6, 6.07) is 8.39. The van der Waals surface area contributed by atoms with Gasteiger partial charge in [0.15, 0.2) is 5.84 Å². The average Bonchev–Trinajstić information content (AvgIpc) is 2.41. The van der Waals surface area contributed by atoms with Gasteiger partial charge in [0.2, 0.25) is 0 Å². The number of nitrogens with two attached hydrogens (primary N) is 1. The van der Waals surface area contributed by atoms with E-state index in [4.69, 9.17) is 10.9 Å². The maximum absolute atomic E-state index is 13.7. The van der Waals surface area contributed by atoms with Gasteiger partial charge in [0.1, 0.15) is 11.6 Å². The van der Waals surface area contributed by atoms with Gasteiger partial charge in [-0.25, -0.2) is 8.78 Å². The molecule has 0 saturated heterocycles. The van der Waals surface area contributed by atoms with E-state index in [1.165, 1.54) is 12.1 Å². The van der Waals surface area contributed by atoms with E-state index in [1.54, 1.807) is 18.2 Å². The van der Waals surface area contributed by atoms with Crippen molar-refractivity contribution in [2.45, 2.75) is 9.79 Å². The largest absolute Gasteiger partial charge is 0.409 e. The van der Waals surface area contributed by atoms with Crippen LogP contribution in [0.15, 0.2) is 55.8 Å². The summed E-state index contributed by atoms with van der Waals surface area (Å²) in [6.07, 6.45) is 0. The van der Waals surface area contributed by atoms with E-state index in [1.807, 2.05) is 0 Å². The van der Waals surface area contributed by atoms with Gasteiger partial charge in [-0.15, -0.1) is 0 Å². The molecule has 0 atom stereocenters. The lowest BCUT2D eigenvalue weighted by Crippen LogP contribution is -2.14. The Morgan fingerprint density at radius 1 is 1.15 bits per heavy atom. The van der Waals surface area contributed by atoms with Crippen molar-refractivity contribution in [2.24, 2.45) is 10.9 Å². The third-order valence-electron chi connectivity index (χ3n) is 2.44. The van der Waals surface area contributed by atoms with Gasteiger partial charge in [-0.2, -0.15) is 0 Å². The van der Waals surface area contributed by atoms with Crippen molar-refractivity contribution in [3.05, 3.63) is 58.1 Å². The molecule has 0 bridgehead atoms. The molecule has 2 aromatic carbocycles. The van der Waals surface area contributed by atoms with Crippen LogP contribution in [-0.2, 0) is 0 Å². The fourth-order valence-corrected chi connectivity index (χ4v) is 3.03. The molecule has 20 heavy (non-hydrogen) atoms. The predicted octanol–water partition coefficient (Wildman–Crippen LogP) is 3.97. The third-order valence-corrected chi connectivity index (χ3v) is 4.04. The number of hydrogen-bond donors (Lipinski definition) is 2. The van der Waals surface area contributed by atoms with Crippen LogP contribution in [-0.4, -0.2) is 11.0 Å². The lowest BCUT2D eigenvalue weighted by Gasteiger charge is -2.09. The molecule has 104 valence electrons. The molecule has 0 heterocycles. The van der Waals surface area contributed by atoms with Crippen molar-refractivity contribution in [3.8, 4) is 0 Å². The van der Waals surface area contributed by atoms with Gasteiger partial charge in [0.25, 0.3) is 0 Å². The zero-order chi connectivity index (χ0) is 14.7. The number of benzene rings is 2. The summed E-state index contributed by atoms with van der Waals surface area (Å²) in [5, 5.41) is 11.7. The number of hydrogen-bond acceptors (Lipinski definition) is 3. The molecule has 0 aliphatic rings. The quantitative estimate of drug-likeness (QED) is 0.377. The van der Waals surface area contributed by atoms with Crippen LogP contribution in [0.1, 0.15) is 5.56 Å². The molecule has 0 aromatic heterocycles. The zero-order valence-electron chi connectivity index (χ0n) is 9.98.